The molecule has 1 unspecified atom stereocenters. The maximum absolute atomic E-state index is 4.34. The first-order chi connectivity index (χ1) is 8.27. The van der Waals surface area contributed by atoms with Crippen molar-refractivity contribution in [1.29, 1.82) is 0 Å². The molecule has 0 bridgehead atoms. The number of hydrogen-bond acceptors (Lipinski definition) is 3. The van der Waals surface area contributed by atoms with Crippen LogP contribution in [0.4, 0.5) is 0 Å². The van der Waals surface area contributed by atoms with Crippen molar-refractivity contribution in [1.82, 2.24) is 10.3 Å². The first-order valence-corrected chi connectivity index (χ1v) is 7.81. The molecule has 2 nitrogen and oxygen atoms in total. The molecule has 17 heavy (non-hydrogen) atoms. The second kappa shape index (κ2) is 6.50. The molecule has 1 heterocycles. The van der Waals surface area contributed by atoms with Gasteiger partial charge in [0.05, 0.1) is 11.2 Å². The van der Waals surface area contributed by atoms with Gasteiger partial charge in [0.2, 0.25) is 0 Å². The van der Waals surface area contributed by atoms with Crippen molar-refractivity contribution >= 4 is 11.3 Å². The summed E-state index contributed by atoms with van der Waals surface area (Å²) >= 11 is 1.78. The summed E-state index contributed by atoms with van der Waals surface area (Å²) in [7, 11) is 0. The van der Waals surface area contributed by atoms with Gasteiger partial charge in [-0.2, -0.15) is 0 Å². The molecule has 3 heteroatoms. The van der Waals surface area contributed by atoms with Gasteiger partial charge in [0.15, 0.2) is 0 Å². The summed E-state index contributed by atoms with van der Waals surface area (Å²) in [6, 6.07) is 1.18. The molecule has 1 aromatic heterocycles. The Morgan fingerprint density at radius 1 is 1.24 bits per heavy atom. The molecule has 1 aliphatic rings. The van der Waals surface area contributed by atoms with E-state index in [1.807, 2.05) is 5.51 Å². The molecule has 1 atom stereocenters. The third-order valence-corrected chi connectivity index (χ3v) is 4.88. The van der Waals surface area contributed by atoms with Gasteiger partial charge >= 0.3 is 0 Å². The zero-order chi connectivity index (χ0) is 12.1. The van der Waals surface area contributed by atoms with Gasteiger partial charge in [-0.3, -0.25) is 0 Å². The molecule has 96 valence electrons. The van der Waals surface area contributed by atoms with E-state index in [9.17, 15) is 0 Å². The Morgan fingerprint density at radius 3 is 2.47 bits per heavy atom. The molecule has 1 aliphatic carbocycles. The van der Waals surface area contributed by atoms with Crippen molar-refractivity contribution in [2.24, 2.45) is 0 Å². The van der Waals surface area contributed by atoms with Gasteiger partial charge in [-0.1, -0.05) is 32.1 Å². The topological polar surface area (TPSA) is 24.9 Å². The Morgan fingerprint density at radius 2 is 1.88 bits per heavy atom. The molecule has 1 N–H and O–H groups in total. The SMILES string of the molecule is Cc1ncsc1C(C)NC1CCCCCCC1. The number of thiazole rings is 1. The molecule has 0 aliphatic heterocycles. The Balaban J connectivity index is 1.88. The summed E-state index contributed by atoms with van der Waals surface area (Å²) in [5.41, 5.74) is 3.15. The Bertz CT molecular complexity index is 327. The van der Waals surface area contributed by atoms with Crippen molar-refractivity contribution in [2.45, 2.75) is 70.9 Å². The smallest absolute Gasteiger partial charge is 0.0798 e. The molecule has 0 radical (unpaired) electrons. The van der Waals surface area contributed by atoms with E-state index in [1.54, 1.807) is 11.3 Å². The molecule has 0 amide bonds. The first-order valence-electron chi connectivity index (χ1n) is 6.93. The van der Waals surface area contributed by atoms with Crippen LogP contribution in [0.1, 0.15) is 68.5 Å². The number of aryl methyl sites for hydroxylation is 1. The lowest BCUT2D eigenvalue weighted by Crippen LogP contribution is -2.32. The molecule has 1 saturated carbocycles. The van der Waals surface area contributed by atoms with Gasteiger partial charge in [0, 0.05) is 17.0 Å². The van der Waals surface area contributed by atoms with Gasteiger partial charge < -0.3 is 5.32 Å². The Kier molecular flexibility index (Phi) is 4.99. The number of nitrogens with one attached hydrogen (secondary N) is 1. The molecule has 2 rings (SSSR count). The van der Waals surface area contributed by atoms with Crippen LogP contribution < -0.4 is 5.32 Å². The standard InChI is InChI=1S/C14H24N2S/c1-11-14(17-10-15-11)12(2)16-13-8-6-4-3-5-7-9-13/h10,12-13,16H,3-9H2,1-2H3. The number of rotatable bonds is 3. The van der Waals surface area contributed by atoms with E-state index in [2.05, 4.69) is 24.1 Å². The first kappa shape index (κ1) is 13.0. The predicted octanol–water partition coefficient (Wildman–Crippen LogP) is 4.22. The maximum Gasteiger partial charge on any atom is 0.0798 e. The van der Waals surface area contributed by atoms with Crippen LogP contribution in [-0.4, -0.2) is 11.0 Å². The minimum Gasteiger partial charge on any atom is -0.307 e. The van der Waals surface area contributed by atoms with E-state index in [0.717, 1.165) is 0 Å². The molecule has 0 saturated heterocycles. The molecular formula is C14H24N2S. The predicted molar refractivity (Wildman–Crippen MR) is 74.5 cm³/mol. The van der Waals surface area contributed by atoms with Gasteiger partial charge in [0.25, 0.3) is 0 Å². The number of hydrogen-bond donors (Lipinski definition) is 1. The Hall–Kier alpha value is -0.410. The van der Waals surface area contributed by atoms with Gasteiger partial charge in [-0.25, -0.2) is 4.98 Å². The lowest BCUT2D eigenvalue weighted by molar-refractivity contribution is 0.364. The highest BCUT2D eigenvalue weighted by atomic mass is 32.1. The van der Waals surface area contributed by atoms with Crippen molar-refractivity contribution in [3.05, 3.63) is 16.1 Å². The van der Waals surface area contributed by atoms with Gasteiger partial charge in [-0.05, 0) is 26.7 Å². The number of aromatic nitrogens is 1. The summed E-state index contributed by atoms with van der Waals surface area (Å²) < 4.78 is 0. The quantitative estimate of drug-likeness (QED) is 0.871. The Labute approximate surface area is 109 Å². The summed E-state index contributed by atoms with van der Waals surface area (Å²) in [6.07, 6.45) is 9.77. The zero-order valence-electron chi connectivity index (χ0n) is 11.0. The molecule has 1 fully saturated rings. The van der Waals surface area contributed by atoms with Crippen molar-refractivity contribution < 1.29 is 0 Å². The fourth-order valence-electron chi connectivity index (χ4n) is 2.78. The van der Waals surface area contributed by atoms with E-state index in [-0.39, 0.29) is 0 Å². The van der Waals surface area contributed by atoms with Crippen LogP contribution >= 0.6 is 11.3 Å². The third kappa shape index (κ3) is 3.78. The minimum absolute atomic E-state index is 0.465. The van der Waals surface area contributed by atoms with Crippen LogP contribution in [-0.2, 0) is 0 Å². The van der Waals surface area contributed by atoms with E-state index >= 15 is 0 Å². The van der Waals surface area contributed by atoms with Crippen molar-refractivity contribution in [2.75, 3.05) is 0 Å². The van der Waals surface area contributed by atoms with Crippen LogP contribution in [0.15, 0.2) is 5.51 Å². The lowest BCUT2D eigenvalue weighted by atomic mass is 9.96. The number of nitrogens with zero attached hydrogens (tertiary/aromatic N) is 1. The monoisotopic (exact) mass is 252 g/mol. The second-order valence-electron chi connectivity index (χ2n) is 5.23. The van der Waals surface area contributed by atoms with Crippen molar-refractivity contribution in [3.8, 4) is 0 Å². The molecule has 0 aromatic carbocycles. The fraction of sp³-hybridized carbons (Fsp3) is 0.786. The highest BCUT2D eigenvalue weighted by molar-refractivity contribution is 7.09. The van der Waals surface area contributed by atoms with E-state index < -0.39 is 0 Å². The third-order valence-electron chi connectivity index (χ3n) is 3.77. The van der Waals surface area contributed by atoms with Crippen LogP contribution in [0.2, 0.25) is 0 Å². The van der Waals surface area contributed by atoms with Crippen LogP contribution in [0.5, 0.6) is 0 Å². The average molecular weight is 252 g/mol. The normalized spacial score (nSPS) is 20.8. The summed E-state index contributed by atoms with van der Waals surface area (Å²) in [5, 5.41) is 3.80. The highest BCUT2D eigenvalue weighted by Crippen LogP contribution is 2.24. The molecular weight excluding hydrogens is 228 g/mol. The second-order valence-corrected chi connectivity index (χ2v) is 6.12. The minimum atomic E-state index is 0.465. The van der Waals surface area contributed by atoms with E-state index in [1.165, 1.54) is 55.5 Å². The van der Waals surface area contributed by atoms with E-state index in [0.29, 0.717) is 12.1 Å². The van der Waals surface area contributed by atoms with E-state index in [4.69, 9.17) is 0 Å². The lowest BCUT2D eigenvalue weighted by Gasteiger charge is -2.24. The zero-order valence-corrected chi connectivity index (χ0v) is 11.9. The summed E-state index contributed by atoms with van der Waals surface area (Å²) in [5.74, 6) is 0. The molecule has 1 aromatic rings. The van der Waals surface area contributed by atoms with Crippen LogP contribution in [0, 0.1) is 6.92 Å². The summed E-state index contributed by atoms with van der Waals surface area (Å²) in [6.45, 7) is 4.39. The fourth-order valence-corrected chi connectivity index (χ4v) is 3.60. The van der Waals surface area contributed by atoms with Gasteiger partial charge in [-0.15, -0.1) is 11.3 Å². The summed E-state index contributed by atoms with van der Waals surface area (Å²) in [4.78, 5) is 5.75. The average Bonchev–Trinajstić information content (AvgIpc) is 2.68. The van der Waals surface area contributed by atoms with Crippen molar-refractivity contribution in [3.63, 3.8) is 0 Å². The van der Waals surface area contributed by atoms with Crippen LogP contribution in [0.25, 0.3) is 0 Å². The van der Waals surface area contributed by atoms with Crippen LogP contribution in [0.3, 0.4) is 0 Å². The maximum atomic E-state index is 4.34. The molecule has 0 spiro atoms. The largest absolute Gasteiger partial charge is 0.307 e. The van der Waals surface area contributed by atoms with Gasteiger partial charge in [0.1, 0.15) is 0 Å². The highest BCUT2D eigenvalue weighted by Gasteiger charge is 2.17.